The summed E-state index contributed by atoms with van der Waals surface area (Å²) in [4.78, 5) is 4.95. The molecule has 28 heavy (non-hydrogen) atoms. The quantitative estimate of drug-likeness (QED) is 0.329. The van der Waals surface area contributed by atoms with Gasteiger partial charge in [0.05, 0.1) is 18.1 Å². The Balaban J connectivity index is 2.20. The molecule has 0 unspecified atom stereocenters. The average Bonchev–Trinajstić information content (AvgIpc) is 2.63. The molecule has 1 heterocycles. The van der Waals surface area contributed by atoms with E-state index in [1.54, 1.807) is 7.11 Å². The van der Waals surface area contributed by atoms with Crippen LogP contribution in [0.2, 0.25) is 18.1 Å². The Morgan fingerprint density at radius 1 is 1.00 bits per heavy atom. The third-order valence-corrected chi connectivity index (χ3v) is 10.3. The highest BCUT2D eigenvalue weighted by Crippen LogP contribution is 2.40. The minimum absolute atomic E-state index is 0.145. The minimum Gasteiger partial charge on any atom is -0.543 e. The van der Waals surface area contributed by atoms with Crippen LogP contribution < -0.4 is 9.16 Å². The fraction of sp³-hybridized carbons (Fsp3) is 0.458. The lowest BCUT2D eigenvalue weighted by Crippen LogP contribution is -2.43. The zero-order chi connectivity index (χ0) is 20.5. The van der Waals surface area contributed by atoms with E-state index < -0.39 is 8.32 Å². The maximum Gasteiger partial charge on any atom is 0.250 e. The van der Waals surface area contributed by atoms with Crippen LogP contribution in [-0.4, -0.2) is 20.4 Å². The molecule has 0 atom stereocenters. The van der Waals surface area contributed by atoms with Gasteiger partial charge < -0.3 is 9.16 Å². The monoisotopic (exact) mass is 395 g/mol. The van der Waals surface area contributed by atoms with Gasteiger partial charge in [-0.1, -0.05) is 34.1 Å². The first-order valence-electron chi connectivity index (χ1n) is 10.2. The number of aryl methyl sites for hydroxylation is 1. The summed E-state index contributed by atoms with van der Waals surface area (Å²) in [7, 11) is -0.259. The average molecular weight is 396 g/mol. The molecule has 0 radical (unpaired) electrons. The van der Waals surface area contributed by atoms with Crippen molar-refractivity contribution in [3.05, 3.63) is 42.0 Å². The summed E-state index contributed by atoms with van der Waals surface area (Å²) in [5.74, 6) is 1.83. The predicted octanol–water partition coefficient (Wildman–Crippen LogP) is 7.12. The Labute approximate surface area is 170 Å². The normalized spacial score (nSPS) is 12.5. The second-order valence-corrected chi connectivity index (χ2v) is 13.9. The molecule has 0 bridgehead atoms. The van der Waals surface area contributed by atoms with E-state index in [0.29, 0.717) is 0 Å². The molecule has 1 aromatic heterocycles. The molecule has 0 amide bonds. The van der Waals surface area contributed by atoms with E-state index in [4.69, 9.17) is 14.1 Å². The van der Waals surface area contributed by atoms with Crippen molar-refractivity contribution >= 4 is 30.1 Å². The molecular weight excluding hydrogens is 362 g/mol. The number of nitrogens with zero attached hydrogens (tertiary/aromatic N) is 1. The van der Waals surface area contributed by atoms with E-state index in [1.165, 1.54) is 18.4 Å². The second-order valence-electron chi connectivity index (χ2n) is 9.17. The number of hydrogen-bond acceptors (Lipinski definition) is 3. The van der Waals surface area contributed by atoms with Gasteiger partial charge in [0.15, 0.2) is 0 Å². The van der Waals surface area contributed by atoms with Gasteiger partial charge in [0.2, 0.25) is 0 Å². The van der Waals surface area contributed by atoms with E-state index in [1.807, 2.05) is 18.2 Å². The predicted molar refractivity (Wildman–Crippen MR) is 122 cm³/mol. The van der Waals surface area contributed by atoms with Crippen molar-refractivity contribution in [1.82, 2.24) is 4.98 Å². The number of ether oxygens (including phenoxy) is 1. The van der Waals surface area contributed by atoms with E-state index in [9.17, 15) is 0 Å². The molecule has 0 aliphatic heterocycles. The number of methoxy groups -OCH3 is 1. The van der Waals surface area contributed by atoms with Gasteiger partial charge in [-0.2, -0.15) is 0 Å². The molecule has 0 spiro atoms. The fourth-order valence-corrected chi connectivity index (χ4v) is 4.13. The number of aromatic nitrogens is 1. The summed E-state index contributed by atoms with van der Waals surface area (Å²) in [6.45, 7) is 13.7. The highest BCUT2D eigenvalue weighted by molar-refractivity contribution is 6.74. The minimum atomic E-state index is -1.95. The largest absolute Gasteiger partial charge is 0.543 e. The van der Waals surface area contributed by atoms with Gasteiger partial charge in [-0.15, -0.1) is 0 Å². The SMILES string of the molecule is CCCCc1cc(O[Si](C)(C)C(C)(C)C)c2cc3cc(OC)ccc3nc2c1. The van der Waals surface area contributed by atoms with E-state index >= 15 is 0 Å². The molecule has 3 rings (SSSR count). The molecule has 2 aromatic carbocycles. The molecular formula is C24H33NO2Si. The molecule has 150 valence electrons. The van der Waals surface area contributed by atoms with Crippen LogP contribution in [0.5, 0.6) is 11.5 Å². The molecule has 0 aliphatic rings. The smallest absolute Gasteiger partial charge is 0.250 e. The topological polar surface area (TPSA) is 31.4 Å². The molecule has 0 fully saturated rings. The molecule has 4 heteroatoms. The van der Waals surface area contributed by atoms with E-state index in [0.717, 1.165) is 39.7 Å². The molecule has 3 aromatic rings. The van der Waals surface area contributed by atoms with Crippen LogP contribution in [-0.2, 0) is 6.42 Å². The van der Waals surface area contributed by atoms with Crippen molar-refractivity contribution in [3.8, 4) is 11.5 Å². The Morgan fingerprint density at radius 2 is 1.75 bits per heavy atom. The molecule has 0 saturated heterocycles. The first kappa shape index (κ1) is 20.7. The third-order valence-electron chi connectivity index (χ3n) is 5.95. The lowest BCUT2D eigenvalue weighted by atomic mass is 10.0. The Bertz CT molecular complexity index is 989. The molecule has 0 aliphatic carbocycles. The van der Waals surface area contributed by atoms with Crippen LogP contribution in [0.25, 0.3) is 21.8 Å². The van der Waals surface area contributed by atoms with Gasteiger partial charge in [-0.25, -0.2) is 4.98 Å². The van der Waals surface area contributed by atoms with Gasteiger partial charge >= 0.3 is 0 Å². The summed E-state index contributed by atoms with van der Waals surface area (Å²) in [5, 5.41) is 2.31. The number of fused-ring (bicyclic) bond motifs is 2. The summed E-state index contributed by atoms with van der Waals surface area (Å²) >= 11 is 0. The fourth-order valence-electron chi connectivity index (χ4n) is 3.10. The Kier molecular flexibility index (Phi) is 5.71. The number of pyridine rings is 1. The van der Waals surface area contributed by atoms with Crippen molar-refractivity contribution in [2.24, 2.45) is 0 Å². The van der Waals surface area contributed by atoms with Crippen molar-refractivity contribution < 1.29 is 9.16 Å². The van der Waals surface area contributed by atoms with Gasteiger partial charge in [0.1, 0.15) is 11.5 Å². The number of benzene rings is 2. The summed E-state index contributed by atoms with van der Waals surface area (Å²) in [6, 6.07) is 12.7. The number of unbranched alkanes of at least 4 members (excludes halogenated alkanes) is 1. The van der Waals surface area contributed by atoms with E-state index in [2.05, 4.69) is 59.0 Å². The summed E-state index contributed by atoms with van der Waals surface area (Å²) < 4.78 is 12.2. The maximum atomic E-state index is 6.77. The summed E-state index contributed by atoms with van der Waals surface area (Å²) in [6.07, 6.45) is 3.42. The van der Waals surface area contributed by atoms with Crippen LogP contribution >= 0.6 is 0 Å². The summed E-state index contributed by atoms with van der Waals surface area (Å²) in [5.41, 5.74) is 3.31. The molecule has 0 N–H and O–H groups in total. The van der Waals surface area contributed by atoms with Gasteiger partial charge in [-0.05, 0) is 72.9 Å². The van der Waals surface area contributed by atoms with Crippen LogP contribution in [0, 0.1) is 0 Å². The van der Waals surface area contributed by atoms with Crippen LogP contribution in [0.4, 0.5) is 0 Å². The lowest BCUT2D eigenvalue weighted by molar-refractivity contribution is 0.415. The van der Waals surface area contributed by atoms with Gasteiger partial charge in [0, 0.05) is 10.8 Å². The van der Waals surface area contributed by atoms with Crippen LogP contribution in [0.1, 0.15) is 46.1 Å². The first-order valence-corrected chi connectivity index (χ1v) is 13.2. The van der Waals surface area contributed by atoms with Gasteiger partial charge in [0.25, 0.3) is 8.32 Å². The van der Waals surface area contributed by atoms with Crippen molar-refractivity contribution in [1.29, 1.82) is 0 Å². The lowest BCUT2D eigenvalue weighted by Gasteiger charge is -2.37. The Hall–Kier alpha value is -2.07. The third kappa shape index (κ3) is 4.17. The second kappa shape index (κ2) is 7.74. The first-order chi connectivity index (χ1) is 13.1. The zero-order valence-electron chi connectivity index (χ0n) is 18.3. The number of rotatable bonds is 6. The van der Waals surface area contributed by atoms with Crippen molar-refractivity contribution in [3.63, 3.8) is 0 Å². The van der Waals surface area contributed by atoms with Crippen molar-refractivity contribution in [2.45, 2.75) is 65.1 Å². The highest BCUT2D eigenvalue weighted by atomic mass is 28.4. The highest BCUT2D eigenvalue weighted by Gasteiger charge is 2.39. The van der Waals surface area contributed by atoms with Crippen LogP contribution in [0.15, 0.2) is 36.4 Å². The zero-order valence-corrected chi connectivity index (χ0v) is 19.3. The Morgan fingerprint density at radius 3 is 2.39 bits per heavy atom. The van der Waals surface area contributed by atoms with Crippen molar-refractivity contribution in [2.75, 3.05) is 7.11 Å². The van der Waals surface area contributed by atoms with E-state index in [-0.39, 0.29) is 5.04 Å². The van der Waals surface area contributed by atoms with Crippen LogP contribution in [0.3, 0.4) is 0 Å². The van der Waals surface area contributed by atoms with Gasteiger partial charge in [-0.3, -0.25) is 0 Å². The standard InChI is InChI=1S/C24H33NO2Si/c1-8-9-10-17-13-22-20(23(14-17)27-28(6,7)24(2,3)4)16-18-15-19(26-5)11-12-21(18)25-22/h11-16H,8-10H2,1-7H3. The maximum absolute atomic E-state index is 6.77. The molecule has 3 nitrogen and oxygen atoms in total. The molecule has 0 saturated carbocycles. The number of hydrogen-bond donors (Lipinski definition) is 0.